The third-order valence-electron chi connectivity index (χ3n) is 4.33. The van der Waals surface area contributed by atoms with Gasteiger partial charge in [-0.15, -0.1) is 0 Å². The summed E-state index contributed by atoms with van der Waals surface area (Å²) >= 11 is 0. The highest BCUT2D eigenvalue weighted by Crippen LogP contribution is 2.29. The average molecular weight is 275 g/mol. The molecule has 1 rings (SSSR count). The Morgan fingerprint density at radius 1 is 1.11 bits per heavy atom. The molecule has 1 N–H and O–H groups in total. The van der Waals surface area contributed by atoms with Gasteiger partial charge in [0.1, 0.15) is 0 Å². The molecule has 0 aromatic rings. The largest absolute Gasteiger partial charge is 0.313 e. The normalized spacial score (nSPS) is 30.4. The van der Waals surface area contributed by atoms with Crippen molar-refractivity contribution in [1.29, 1.82) is 0 Å². The van der Waals surface area contributed by atoms with Crippen molar-refractivity contribution in [2.45, 2.75) is 64.7 Å². The molecule has 0 saturated heterocycles. The van der Waals surface area contributed by atoms with Crippen LogP contribution in [0.25, 0.3) is 0 Å². The summed E-state index contributed by atoms with van der Waals surface area (Å²) in [7, 11) is -2.99. The molecule has 3 atom stereocenters. The molecule has 18 heavy (non-hydrogen) atoms. The molecule has 0 spiro atoms. The van der Waals surface area contributed by atoms with Gasteiger partial charge in [-0.25, -0.2) is 8.42 Å². The molecule has 0 amide bonds. The Labute approximate surface area is 113 Å². The molecule has 108 valence electrons. The summed E-state index contributed by atoms with van der Waals surface area (Å²) in [5.41, 5.74) is 0. The number of sulfone groups is 1. The standard InChI is InChI=1S/C14H29NO2S/c1-11-6-7-13(10-12(11)2)15-8-9-18(16,17)14(3,4)5/h11-13,15H,6-10H2,1-5H3/t11-,12-,13-/m1/s1. The summed E-state index contributed by atoms with van der Waals surface area (Å²) in [5.74, 6) is 1.80. The van der Waals surface area contributed by atoms with Gasteiger partial charge in [0.25, 0.3) is 0 Å². The maximum absolute atomic E-state index is 12.0. The summed E-state index contributed by atoms with van der Waals surface area (Å²) in [6.07, 6.45) is 3.61. The highest BCUT2D eigenvalue weighted by Gasteiger charge is 2.29. The molecule has 3 nitrogen and oxygen atoms in total. The highest BCUT2D eigenvalue weighted by molar-refractivity contribution is 7.92. The van der Waals surface area contributed by atoms with E-state index in [4.69, 9.17) is 0 Å². The first-order valence-electron chi connectivity index (χ1n) is 7.09. The SMILES string of the molecule is C[C@@H]1CC[C@@H](NCCS(=O)(=O)C(C)(C)C)C[C@H]1C. The molecule has 0 unspecified atom stereocenters. The third kappa shape index (κ3) is 4.23. The minimum absolute atomic E-state index is 0.247. The molecule has 4 heteroatoms. The first kappa shape index (κ1) is 16.0. The summed E-state index contributed by atoms with van der Waals surface area (Å²) < 4.78 is 23.3. The Morgan fingerprint density at radius 2 is 1.72 bits per heavy atom. The van der Waals surface area contributed by atoms with Gasteiger partial charge in [0.05, 0.1) is 10.5 Å². The molecular formula is C14H29NO2S. The first-order chi connectivity index (χ1) is 8.13. The fourth-order valence-electron chi connectivity index (χ4n) is 2.44. The zero-order valence-corrected chi connectivity index (χ0v) is 13.3. The lowest BCUT2D eigenvalue weighted by molar-refractivity contribution is 0.228. The van der Waals surface area contributed by atoms with Crippen LogP contribution in [0.3, 0.4) is 0 Å². The zero-order chi connectivity index (χ0) is 14.0. The molecular weight excluding hydrogens is 246 g/mol. The van der Waals surface area contributed by atoms with Crippen LogP contribution in [0.2, 0.25) is 0 Å². The summed E-state index contributed by atoms with van der Waals surface area (Å²) in [6, 6.07) is 0.506. The van der Waals surface area contributed by atoms with E-state index >= 15 is 0 Å². The van der Waals surface area contributed by atoms with Crippen molar-refractivity contribution >= 4 is 9.84 Å². The van der Waals surface area contributed by atoms with Crippen LogP contribution in [-0.4, -0.2) is 31.5 Å². The molecule has 0 bridgehead atoms. The first-order valence-corrected chi connectivity index (χ1v) is 8.74. The van der Waals surface area contributed by atoms with Gasteiger partial charge in [0.2, 0.25) is 0 Å². The van der Waals surface area contributed by atoms with E-state index in [1.807, 2.05) is 0 Å². The molecule has 0 aliphatic heterocycles. The molecule has 0 heterocycles. The Balaban J connectivity index is 2.35. The number of hydrogen-bond donors (Lipinski definition) is 1. The van der Waals surface area contributed by atoms with Crippen molar-refractivity contribution in [2.24, 2.45) is 11.8 Å². The van der Waals surface area contributed by atoms with E-state index in [1.54, 1.807) is 20.8 Å². The van der Waals surface area contributed by atoms with E-state index < -0.39 is 14.6 Å². The van der Waals surface area contributed by atoms with E-state index in [0.717, 1.165) is 11.8 Å². The van der Waals surface area contributed by atoms with Crippen molar-refractivity contribution < 1.29 is 8.42 Å². The lowest BCUT2D eigenvalue weighted by Crippen LogP contribution is -2.40. The maximum Gasteiger partial charge on any atom is 0.156 e. The van der Waals surface area contributed by atoms with Gasteiger partial charge < -0.3 is 5.32 Å². The second-order valence-electron chi connectivity index (χ2n) is 6.85. The highest BCUT2D eigenvalue weighted by atomic mass is 32.2. The van der Waals surface area contributed by atoms with Gasteiger partial charge in [-0.3, -0.25) is 0 Å². The van der Waals surface area contributed by atoms with E-state index in [-0.39, 0.29) is 5.75 Å². The van der Waals surface area contributed by atoms with Gasteiger partial charge in [0, 0.05) is 12.6 Å². The van der Waals surface area contributed by atoms with Gasteiger partial charge in [-0.2, -0.15) is 0 Å². The van der Waals surface area contributed by atoms with E-state index in [2.05, 4.69) is 19.2 Å². The average Bonchev–Trinajstić information content (AvgIpc) is 2.21. The van der Waals surface area contributed by atoms with Crippen LogP contribution in [-0.2, 0) is 9.84 Å². The molecule has 0 radical (unpaired) electrons. The van der Waals surface area contributed by atoms with Crippen molar-refractivity contribution in [1.82, 2.24) is 5.32 Å². The van der Waals surface area contributed by atoms with Crippen LogP contribution in [0, 0.1) is 11.8 Å². The third-order valence-corrected chi connectivity index (χ3v) is 6.94. The zero-order valence-electron chi connectivity index (χ0n) is 12.5. The monoisotopic (exact) mass is 275 g/mol. The van der Waals surface area contributed by atoms with Crippen LogP contribution >= 0.6 is 0 Å². The Kier molecular flexibility index (Phi) is 5.24. The Bertz CT molecular complexity index is 356. The van der Waals surface area contributed by atoms with Gasteiger partial charge in [-0.05, 0) is 51.9 Å². The van der Waals surface area contributed by atoms with Crippen LogP contribution in [0.5, 0.6) is 0 Å². The van der Waals surface area contributed by atoms with Gasteiger partial charge in [0.15, 0.2) is 9.84 Å². The molecule has 0 aromatic carbocycles. The fraction of sp³-hybridized carbons (Fsp3) is 1.00. The maximum atomic E-state index is 12.0. The molecule has 1 fully saturated rings. The molecule has 1 saturated carbocycles. The Morgan fingerprint density at radius 3 is 2.22 bits per heavy atom. The fourth-order valence-corrected chi connectivity index (χ4v) is 3.44. The molecule has 1 aliphatic carbocycles. The van der Waals surface area contributed by atoms with E-state index in [1.165, 1.54) is 19.3 Å². The predicted octanol–water partition coefficient (Wildman–Crippen LogP) is 2.61. The summed E-state index contributed by atoms with van der Waals surface area (Å²) in [6.45, 7) is 10.5. The topological polar surface area (TPSA) is 46.2 Å². The van der Waals surface area contributed by atoms with Crippen molar-refractivity contribution in [2.75, 3.05) is 12.3 Å². The van der Waals surface area contributed by atoms with E-state index in [9.17, 15) is 8.42 Å². The minimum atomic E-state index is -2.99. The smallest absolute Gasteiger partial charge is 0.156 e. The van der Waals surface area contributed by atoms with Crippen molar-refractivity contribution in [3.8, 4) is 0 Å². The van der Waals surface area contributed by atoms with Crippen molar-refractivity contribution in [3.63, 3.8) is 0 Å². The van der Waals surface area contributed by atoms with Crippen LogP contribution in [0.1, 0.15) is 53.9 Å². The molecule has 0 aromatic heterocycles. The second-order valence-corrected chi connectivity index (χ2v) is 9.71. The van der Waals surface area contributed by atoms with E-state index in [0.29, 0.717) is 12.6 Å². The summed E-state index contributed by atoms with van der Waals surface area (Å²) in [5, 5.41) is 3.42. The lowest BCUT2D eigenvalue weighted by atomic mass is 9.79. The van der Waals surface area contributed by atoms with Gasteiger partial charge >= 0.3 is 0 Å². The van der Waals surface area contributed by atoms with Crippen LogP contribution in [0.4, 0.5) is 0 Å². The molecule has 1 aliphatic rings. The second kappa shape index (κ2) is 5.91. The number of hydrogen-bond acceptors (Lipinski definition) is 3. The summed E-state index contributed by atoms with van der Waals surface area (Å²) in [4.78, 5) is 0. The Hall–Kier alpha value is -0.0900. The predicted molar refractivity (Wildman–Crippen MR) is 77.5 cm³/mol. The number of nitrogens with one attached hydrogen (secondary N) is 1. The van der Waals surface area contributed by atoms with Crippen LogP contribution in [0.15, 0.2) is 0 Å². The van der Waals surface area contributed by atoms with Gasteiger partial charge in [-0.1, -0.05) is 13.8 Å². The van der Waals surface area contributed by atoms with Crippen molar-refractivity contribution in [3.05, 3.63) is 0 Å². The number of rotatable bonds is 4. The minimum Gasteiger partial charge on any atom is -0.313 e. The lowest BCUT2D eigenvalue weighted by Gasteiger charge is -2.32. The quantitative estimate of drug-likeness (QED) is 0.858. The van der Waals surface area contributed by atoms with Crippen LogP contribution < -0.4 is 5.32 Å².